The Kier molecular flexibility index (Phi) is 4.65. The van der Waals surface area contributed by atoms with Crippen molar-refractivity contribution in [3.8, 4) is 0 Å². The third-order valence-corrected chi connectivity index (χ3v) is 4.21. The average molecular weight is 230 g/mol. The molecule has 0 unspecified atom stereocenters. The van der Waals surface area contributed by atoms with E-state index in [-0.39, 0.29) is 0 Å². The van der Waals surface area contributed by atoms with Crippen molar-refractivity contribution in [3.05, 3.63) is 34.9 Å². The number of aryl methyl sites for hydroxylation is 2. The van der Waals surface area contributed by atoms with Crippen LogP contribution in [0.25, 0.3) is 0 Å². The van der Waals surface area contributed by atoms with Crippen molar-refractivity contribution >= 4 is 0 Å². The van der Waals surface area contributed by atoms with Crippen LogP contribution in [0.5, 0.6) is 0 Å². The lowest BCUT2D eigenvalue weighted by molar-refractivity contribution is 0.443. The molecule has 94 valence electrons. The fourth-order valence-electron chi connectivity index (χ4n) is 3.18. The van der Waals surface area contributed by atoms with Crippen LogP contribution in [-0.4, -0.2) is 0 Å². The van der Waals surface area contributed by atoms with E-state index in [0.717, 1.165) is 5.92 Å². The van der Waals surface area contributed by atoms with Crippen molar-refractivity contribution in [1.29, 1.82) is 0 Å². The van der Waals surface area contributed by atoms with Crippen molar-refractivity contribution < 1.29 is 0 Å². The Bertz CT molecular complexity index is 345. The maximum atomic E-state index is 2.51. The SMILES string of the molecule is CCCc1cc(C2CCCCC2)ccc1CC. The smallest absolute Gasteiger partial charge is 0.0162 e. The lowest BCUT2D eigenvalue weighted by atomic mass is 9.82. The van der Waals surface area contributed by atoms with E-state index in [1.807, 2.05) is 0 Å². The van der Waals surface area contributed by atoms with Crippen molar-refractivity contribution in [1.82, 2.24) is 0 Å². The first-order valence-electron chi connectivity index (χ1n) is 7.46. The Morgan fingerprint density at radius 3 is 2.41 bits per heavy atom. The molecule has 1 aromatic rings. The van der Waals surface area contributed by atoms with Gasteiger partial charge in [0.05, 0.1) is 0 Å². The van der Waals surface area contributed by atoms with Crippen LogP contribution in [0.3, 0.4) is 0 Å². The summed E-state index contributed by atoms with van der Waals surface area (Å²) in [6.45, 7) is 4.56. The van der Waals surface area contributed by atoms with E-state index in [4.69, 9.17) is 0 Å². The van der Waals surface area contributed by atoms with Crippen LogP contribution in [0.4, 0.5) is 0 Å². The molecule has 0 aliphatic heterocycles. The fourth-order valence-corrected chi connectivity index (χ4v) is 3.18. The minimum absolute atomic E-state index is 0.852. The number of rotatable bonds is 4. The molecular formula is C17H26. The molecule has 0 nitrogen and oxygen atoms in total. The zero-order valence-corrected chi connectivity index (χ0v) is 11.5. The van der Waals surface area contributed by atoms with Gasteiger partial charge in [0, 0.05) is 0 Å². The van der Waals surface area contributed by atoms with Gasteiger partial charge in [-0.1, -0.05) is 57.7 Å². The molecule has 1 fully saturated rings. The predicted octanol–water partition coefficient (Wildman–Crippen LogP) is 5.25. The first-order valence-corrected chi connectivity index (χ1v) is 7.46. The van der Waals surface area contributed by atoms with E-state index in [1.165, 1.54) is 51.4 Å². The first kappa shape index (κ1) is 12.7. The van der Waals surface area contributed by atoms with Gasteiger partial charge < -0.3 is 0 Å². The molecule has 1 aliphatic rings. The Morgan fingerprint density at radius 2 is 1.76 bits per heavy atom. The zero-order valence-electron chi connectivity index (χ0n) is 11.5. The summed E-state index contributed by atoms with van der Waals surface area (Å²) in [4.78, 5) is 0. The average Bonchev–Trinajstić information content (AvgIpc) is 2.40. The van der Waals surface area contributed by atoms with E-state index in [0.29, 0.717) is 0 Å². The second-order valence-electron chi connectivity index (χ2n) is 5.47. The molecule has 0 aromatic heterocycles. The van der Waals surface area contributed by atoms with E-state index in [2.05, 4.69) is 32.0 Å². The van der Waals surface area contributed by atoms with Crippen molar-refractivity contribution in [3.63, 3.8) is 0 Å². The lowest BCUT2D eigenvalue weighted by Gasteiger charge is -2.23. The molecule has 0 amide bonds. The minimum Gasteiger partial charge on any atom is -0.0651 e. The zero-order chi connectivity index (χ0) is 12.1. The topological polar surface area (TPSA) is 0 Å². The highest BCUT2D eigenvalue weighted by atomic mass is 14.2. The molecular weight excluding hydrogens is 204 g/mol. The van der Waals surface area contributed by atoms with Gasteiger partial charge in [-0.25, -0.2) is 0 Å². The summed E-state index contributed by atoms with van der Waals surface area (Å²) in [5.74, 6) is 0.852. The summed E-state index contributed by atoms with van der Waals surface area (Å²) in [6, 6.07) is 7.29. The number of benzene rings is 1. The lowest BCUT2D eigenvalue weighted by Crippen LogP contribution is -2.06. The van der Waals surface area contributed by atoms with Gasteiger partial charge in [-0.05, 0) is 48.3 Å². The van der Waals surface area contributed by atoms with Crippen LogP contribution in [0.1, 0.15) is 75.0 Å². The monoisotopic (exact) mass is 230 g/mol. The molecule has 0 heteroatoms. The van der Waals surface area contributed by atoms with Gasteiger partial charge in [-0.15, -0.1) is 0 Å². The largest absolute Gasteiger partial charge is 0.0651 e. The Morgan fingerprint density at radius 1 is 1.00 bits per heavy atom. The van der Waals surface area contributed by atoms with Crippen LogP contribution in [0.15, 0.2) is 18.2 Å². The van der Waals surface area contributed by atoms with Gasteiger partial charge in [0.15, 0.2) is 0 Å². The van der Waals surface area contributed by atoms with Gasteiger partial charge in [0.2, 0.25) is 0 Å². The van der Waals surface area contributed by atoms with Crippen LogP contribution >= 0.6 is 0 Å². The highest BCUT2D eigenvalue weighted by Gasteiger charge is 2.16. The van der Waals surface area contributed by atoms with Crippen LogP contribution in [0.2, 0.25) is 0 Å². The highest BCUT2D eigenvalue weighted by Crippen LogP contribution is 2.33. The Hall–Kier alpha value is -0.780. The van der Waals surface area contributed by atoms with Gasteiger partial charge in [0.1, 0.15) is 0 Å². The van der Waals surface area contributed by atoms with Crippen LogP contribution in [-0.2, 0) is 12.8 Å². The third-order valence-electron chi connectivity index (χ3n) is 4.21. The van der Waals surface area contributed by atoms with E-state index >= 15 is 0 Å². The normalized spacial score (nSPS) is 17.3. The molecule has 0 saturated heterocycles. The molecule has 1 aliphatic carbocycles. The Labute approximate surface area is 106 Å². The Balaban J connectivity index is 2.19. The molecule has 0 spiro atoms. The standard InChI is InChI=1S/C17H26/c1-3-8-16-13-17(12-11-14(16)4-2)15-9-6-5-7-10-15/h11-13,15H,3-10H2,1-2H3. The second kappa shape index (κ2) is 6.23. The second-order valence-corrected chi connectivity index (χ2v) is 5.47. The number of hydrogen-bond donors (Lipinski definition) is 0. The number of hydrogen-bond acceptors (Lipinski definition) is 0. The van der Waals surface area contributed by atoms with Crippen LogP contribution in [0, 0.1) is 0 Å². The molecule has 0 N–H and O–H groups in total. The van der Waals surface area contributed by atoms with Gasteiger partial charge in [-0.3, -0.25) is 0 Å². The van der Waals surface area contributed by atoms with Gasteiger partial charge in [0.25, 0.3) is 0 Å². The van der Waals surface area contributed by atoms with E-state index in [1.54, 1.807) is 16.7 Å². The van der Waals surface area contributed by atoms with E-state index in [9.17, 15) is 0 Å². The summed E-state index contributed by atoms with van der Waals surface area (Å²) in [6.07, 6.45) is 10.8. The molecule has 0 bridgehead atoms. The third kappa shape index (κ3) is 3.12. The molecule has 0 atom stereocenters. The van der Waals surface area contributed by atoms with Crippen molar-refractivity contribution in [2.75, 3.05) is 0 Å². The highest BCUT2D eigenvalue weighted by molar-refractivity contribution is 5.34. The van der Waals surface area contributed by atoms with Gasteiger partial charge in [-0.2, -0.15) is 0 Å². The first-order chi connectivity index (χ1) is 8.35. The minimum atomic E-state index is 0.852. The molecule has 2 rings (SSSR count). The molecule has 1 aromatic carbocycles. The maximum absolute atomic E-state index is 2.51. The van der Waals surface area contributed by atoms with E-state index < -0.39 is 0 Å². The summed E-state index contributed by atoms with van der Waals surface area (Å²) in [7, 11) is 0. The van der Waals surface area contributed by atoms with Crippen molar-refractivity contribution in [2.24, 2.45) is 0 Å². The summed E-state index contributed by atoms with van der Waals surface area (Å²) in [5.41, 5.74) is 4.79. The predicted molar refractivity (Wildman–Crippen MR) is 75.6 cm³/mol. The van der Waals surface area contributed by atoms with Gasteiger partial charge >= 0.3 is 0 Å². The van der Waals surface area contributed by atoms with Crippen LogP contribution < -0.4 is 0 Å². The molecule has 17 heavy (non-hydrogen) atoms. The molecule has 0 heterocycles. The quantitative estimate of drug-likeness (QED) is 0.662. The summed E-state index contributed by atoms with van der Waals surface area (Å²) in [5, 5.41) is 0. The fraction of sp³-hybridized carbons (Fsp3) is 0.647. The summed E-state index contributed by atoms with van der Waals surface area (Å²) >= 11 is 0. The maximum Gasteiger partial charge on any atom is -0.0162 e. The molecule has 0 radical (unpaired) electrons. The molecule has 1 saturated carbocycles. The van der Waals surface area contributed by atoms with Crippen molar-refractivity contribution in [2.45, 2.75) is 71.1 Å². The summed E-state index contributed by atoms with van der Waals surface area (Å²) < 4.78 is 0.